The van der Waals surface area contributed by atoms with Crippen LogP contribution in [0.15, 0.2) is 30.6 Å². The second kappa shape index (κ2) is 5.10. The second-order valence-corrected chi connectivity index (χ2v) is 4.14. The van der Waals surface area contributed by atoms with E-state index in [1.54, 1.807) is 0 Å². The van der Waals surface area contributed by atoms with Crippen molar-refractivity contribution in [1.82, 2.24) is 20.1 Å². The highest BCUT2D eigenvalue weighted by Crippen LogP contribution is 2.19. The minimum atomic E-state index is 0.120. The van der Waals surface area contributed by atoms with Gasteiger partial charge in [0.15, 0.2) is 0 Å². The van der Waals surface area contributed by atoms with Gasteiger partial charge in [-0.1, -0.05) is 13.0 Å². The molecule has 0 bridgehead atoms. The number of hydrogen-bond donors (Lipinski definition) is 1. The van der Waals surface area contributed by atoms with Gasteiger partial charge in [0.2, 0.25) is 0 Å². The van der Waals surface area contributed by atoms with Crippen LogP contribution < -0.4 is 5.32 Å². The number of hydrogen-bond acceptors (Lipinski definition) is 3. The van der Waals surface area contributed by atoms with Gasteiger partial charge >= 0.3 is 0 Å². The lowest BCUT2D eigenvalue weighted by Gasteiger charge is -2.15. The fraction of sp³-hybridized carbons (Fsp3) is 0.385. The Balaban J connectivity index is 2.31. The SMILES string of the molecule is CCNC(c1ccc(C)nc1)c1ccn(C)n1. The molecule has 0 saturated heterocycles. The Bertz CT molecular complexity index is 472. The van der Waals surface area contributed by atoms with Gasteiger partial charge in [-0.3, -0.25) is 9.67 Å². The highest BCUT2D eigenvalue weighted by Gasteiger charge is 2.15. The Morgan fingerprint density at radius 1 is 1.35 bits per heavy atom. The Hall–Kier alpha value is -1.68. The maximum atomic E-state index is 4.45. The van der Waals surface area contributed by atoms with Crippen LogP contribution in [0, 0.1) is 6.92 Å². The van der Waals surface area contributed by atoms with Crippen molar-refractivity contribution in [2.75, 3.05) is 6.54 Å². The van der Waals surface area contributed by atoms with E-state index >= 15 is 0 Å². The quantitative estimate of drug-likeness (QED) is 0.871. The molecule has 17 heavy (non-hydrogen) atoms. The van der Waals surface area contributed by atoms with Gasteiger partial charge in [-0.25, -0.2) is 0 Å². The third-order valence-corrected chi connectivity index (χ3v) is 2.71. The monoisotopic (exact) mass is 230 g/mol. The smallest absolute Gasteiger partial charge is 0.0839 e. The minimum Gasteiger partial charge on any atom is -0.305 e. The topological polar surface area (TPSA) is 42.7 Å². The maximum absolute atomic E-state index is 4.45. The lowest BCUT2D eigenvalue weighted by molar-refractivity contribution is 0.598. The molecular weight excluding hydrogens is 212 g/mol. The fourth-order valence-corrected chi connectivity index (χ4v) is 1.83. The average Bonchev–Trinajstić information content (AvgIpc) is 2.74. The third kappa shape index (κ3) is 2.71. The predicted molar refractivity (Wildman–Crippen MR) is 67.7 cm³/mol. The molecule has 2 aromatic heterocycles. The molecule has 0 saturated carbocycles. The Morgan fingerprint density at radius 2 is 2.18 bits per heavy atom. The van der Waals surface area contributed by atoms with Crippen molar-refractivity contribution in [3.8, 4) is 0 Å². The van der Waals surface area contributed by atoms with Gasteiger partial charge in [0.25, 0.3) is 0 Å². The molecule has 1 N–H and O–H groups in total. The summed E-state index contributed by atoms with van der Waals surface area (Å²) in [5.74, 6) is 0. The summed E-state index contributed by atoms with van der Waals surface area (Å²) in [6, 6.07) is 6.29. The minimum absolute atomic E-state index is 0.120. The molecule has 0 spiro atoms. The zero-order valence-corrected chi connectivity index (χ0v) is 10.5. The van der Waals surface area contributed by atoms with Gasteiger partial charge in [-0.2, -0.15) is 5.10 Å². The lowest BCUT2D eigenvalue weighted by atomic mass is 10.1. The average molecular weight is 230 g/mol. The first-order valence-electron chi connectivity index (χ1n) is 5.86. The van der Waals surface area contributed by atoms with Gasteiger partial charge in [0, 0.05) is 25.1 Å². The molecule has 90 valence electrons. The second-order valence-electron chi connectivity index (χ2n) is 4.14. The first-order chi connectivity index (χ1) is 8.20. The number of pyridine rings is 1. The first kappa shape index (κ1) is 11.8. The molecule has 2 rings (SSSR count). The molecule has 0 aliphatic heterocycles. The first-order valence-corrected chi connectivity index (χ1v) is 5.86. The summed E-state index contributed by atoms with van der Waals surface area (Å²) in [5, 5.41) is 7.89. The molecule has 0 radical (unpaired) electrons. The van der Waals surface area contributed by atoms with E-state index in [0.29, 0.717) is 0 Å². The molecule has 0 aliphatic rings. The van der Waals surface area contributed by atoms with Crippen LogP contribution in [0.5, 0.6) is 0 Å². The van der Waals surface area contributed by atoms with Gasteiger partial charge in [0.1, 0.15) is 0 Å². The Morgan fingerprint density at radius 3 is 2.71 bits per heavy atom. The summed E-state index contributed by atoms with van der Waals surface area (Å²) in [6.07, 6.45) is 3.87. The summed E-state index contributed by atoms with van der Waals surface area (Å²) in [6.45, 7) is 4.99. The third-order valence-electron chi connectivity index (χ3n) is 2.71. The van der Waals surface area contributed by atoms with E-state index in [2.05, 4.69) is 28.4 Å². The summed E-state index contributed by atoms with van der Waals surface area (Å²) < 4.78 is 1.82. The summed E-state index contributed by atoms with van der Waals surface area (Å²) >= 11 is 0. The molecule has 2 heterocycles. The van der Waals surface area contributed by atoms with Crippen LogP contribution in [0.4, 0.5) is 0 Å². The number of rotatable bonds is 4. The van der Waals surface area contributed by atoms with Crippen molar-refractivity contribution in [2.45, 2.75) is 19.9 Å². The van der Waals surface area contributed by atoms with E-state index in [1.165, 1.54) is 0 Å². The number of nitrogens with one attached hydrogen (secondary N) is 1. The van der Waals surface area contributed by atoms with E-state index < -0.39 is 0 Å². The molecule has 0 fully saturated rings. The van der Waals surface area contributed by atoms with E-state index in [4.69, 9.17) is 0 Å². The van der Waals surface area contributed by atoms with Crippen molar-refractivity contribution >= 4 is 0 Å². The Labute approximate surface area is 102 Å². The van der Waals surface area contributed by atoms with Crippen LogP contribution in [0.2, 0.25) is 0 Å². The van der Waals surface area contributed by atoms with E-state index in [9.17, 15) is 0 Å². The molecule has 1 atom stereocenters. The van der Waals surface area contributed by atoms with E-state index in [1.807, 2.05) is 43.2 Å². The van der Waals surface area contributed by atoms with Crippen LogP contribution in [0.25, 0.3) is 0 Å². The van der Waals surface area contributed by atoms with Crippen LogP contribution in [-0.4, -0.2) is 21.3 Å². The molecular formula is C13H18N4. The Kier molecular flexibility index (Phi) is 3.54. The van der Waals surface area contributed by atoms with Gasteiger partial charge in [-0.05, 0) is 31.2 Å². The predicted octanol–water partition coefficient (Wildman–Crippen LogP) is 1.82. The van der Waals surface area contributed by atoms with E-state index in [-0.39, 0.29) is 6.04 Å². The summed E-state index contributed by atoms with van der Waals surface area (Å²) in [7, 11) is 1.93. The number of aryl methyl sites for hydroxylation is 2. The number of nitrogens with zero attached hydrogens (tertiary/aromatic N) is 3. The van der Waals surface area contributed by atoms with Crippen LogP contribution >= 0.6 is 0 Å². The molecule has 4 heteroatoms. The molecule has 0 amide bonds. The standard InChI is InChI=1S/C13H18N4/c1-4-14-13(12-7-8-17(3)16-12)11-6-5-10(2)15-9-11/h5-9,13-14H,4H2,1-3H3. The molecule has 2 aromatic rings. The zero-order valence-electron chi connectivity index (χ0n) is 10.5. The molecule has 0 aromatic carbocycles. The molecule has 1 unspecified atom stereocenters. The van der Waals surface area contributed by atoms with Crippen molar-refractivity contribution in [1.29, 1.82) is 0 Å². The van der Waals surface area contributed by atoms with Gasteiger partial charge in [-0.15, -0.1) is 0 Å². The highest BCUT2D eigenvalue weighted by molar-refractivity contribution is 5.25. The van der Waals surface area contributed by atoms with Crippen molar-refractivity contribution < 1.29 is 0 Å². The zero-order chi connectivity index (χ0) is 12.3. The normalized spacial score (nSPS) is 12.6. The van der Waals surface area contributed by atoms with Crippen LogP contribution in [-0.2, 0) is 7.05 Å². The highest BCUT2D eigenvalue weighted by atomic mass is 15.3. The van der Waals surface area contributed by atoms with Crippen LogP contribution in [0.3, 0.4) is 0 Å². The van der Waals surface area contributed by atoms with Crippen LogP contribution in [0.1, 0.15) is 29.9 Å². The molecule has 4 nitrogen and oxygen atoms in total. The van der Waals surface area contributed by atoms with Gasteiger partial charge < -0.3 is 5.32 Å². The number of aromatic nitrogens is 3. The van der Waals surface area contributed by atoms with Crippen molar-refractivity contribution in [3.63, 3.8) is 0 Å². The molecule has 0 aliphatic carbocycles. The maximum Gasteiger partial charge on any atom is 0.0839 e. The summed E-state index contributed by atoms with van der Waals surface area (Å²) in [5.41, 5.74) is 3.21. The summed E-state index contributed by atoms with van der Waals surface area (Å²) in [4.78, 5) is 4.34. The lowest BCUT2D eigenvalue weighted by Crippen LogP contribution is -2.22. The van der Waals surface area contributed by atoms with Gasteiger partial charge in [0.05, 0.1) is 11.7 Å². The fourth-order valence-electron chi connectivity index (χ4n) is 1.83. The van der Waals surface area contributed by atoms with E-state index in [0.717, 1.165) is 23.5 Å². The van der Waals surface area contributed by atoms with Crippen molar-refractivity contribution in [3.05, 3.63) is 47.5 Å². The largest absolute Gasteiger partial charge is 0.305 e. The van der Waals surface area contributed by atoms with Crippen molar-refractivity contribution in [2.24, 2.45) is 7.05 Å².